The molecule has 10 heteroatoms. The maximum Gasteiger partial charge on any atom is 0.410 e. The quantitative estimate of drug-likeness (QED) is 0.402. The average Bonchev–Trinajstić information content (AvgIpc) is 3.29. The molecule has 2 saturated heterocycles. The Bertz CT molecular complexity index is 984. The summed E-state index contributed by atoms with van der Waals surface area (Å²) >= 11 is 0. The van der Waals surface area contributed by atoms with E-state index in [1.165, 1.54) is 4.90 Å². The Balaban J connectivity index is 1.50. The maximum atomic E-state index is 13.5. The summed E-state index contributed by atoms with van der Waals surface area (Å²) in [5.41, 5.74) is 1.69. The molecule has 0 radical (unpaired) electrons. The number of hydrogen-bond donors (Lipinski definition) is 4. The minimum atomic E-state index is -0.994. The number of carbonyl (C=O) groups excluding carboxylic acids is 2. The van der Waals surface area contributed by atoms with E-state index in [9.17, 15) is 14.7 Å². The predicted molar refractivity (Wildman–Crippen MR) is 143 cm³/mol. The Morgan fingerprint density at radius 3 is 1.82 bits per heavy atom. The van der Waals surface area contributed by atoms with E-state index >= 15 is 0 Å². The molecule has 4 N–H and O–H groups in total. The number of esters is 1. The molecule has 2 aromatic rings. The molecular formula is C28H39N5O5. The van der Waals surface area contributed by atoms with Crippen LogP contribution < -0.4 is 16.0 Å². The molecule has 1 amide bonds. The van der Waals surface area contributed by atoms with Crippen molar-refractivity contribution in [1.29, 1.82) is 0 Å². The third-order valence-corrected chi connectivity index (χ3v) is 6.87. The Morgan fingerprint density at radius 1 is 0.763 bits per heavy atom. The van der Waals surface area contributed by atoms with Gasteiger partial charge in [-0.1, -0.05) is 60.7 Å². The molecule has 0 saturated carbocycles. The van der Waals surface area contributed by atoms with Crippen molar-refractivity contribution >= 4 is 12.1 Å². The molecule has 3 atom stereocenters. The third kappa shape index (κ3) is 7.99. The van der Waals surface area contributed by atoms with E-state index in [4.69, 9.17) is 9.47 Å². The summed E-state index contributed by atoms with van der Waals surface area (Å²) in [7, 11) is 0. The molecule has 2 heterocycles. The summed E-state index contributed by atoms with van der Waals surface area (Å²) in [6.45, 7) is 6.12. The predicted octanol–water partition coefficient (Wildman–Crippen LogP) is 0.565. The number of hydrogen-bond acceptors (Lipinski definition) is 9. The number of ether oxygens (including phenoxy) is 2. The lowest BCUT2D eigenvalue weighted by Crippen LogP contribution is -2.56. The first-order valence-corrected chi connectivity index (χ1v) is 13.4. The van der Waals surface area contributed by atoms with Crippen molar-refractivity contribution in [2.45, 2.75) is 31.4 Å². The van der Waals surface area contributed by atoms with Crippen LogP contribution in [0.1, 0.15) is 11.1 Å². The molecule has 0 aliphatic carbocycles. The number of aliphatic hydroxyl groups excluding tert-OH is 1. The highest BCUT2D eigenvalue weighted by Gasteiger charge is 2.51. The van der Waals surface area contributed by atoms with E-state index in [1.54, 1.807) is 0 Å². The molecule has 2 aromatic carbocycles. The van der Waals surface area contributed by atoms with Crippen molar-refractivity contribution in [3.05, 3.63) is 71.8 Å². The zero-order chi connectivity index (χ0) is 26.6. The molecule has 0 aromatic heterocycles. The van der Waals surface area contributed by atoms with E-state index in [2.05, 4.69) is 20.9 Å². The summed E-state index contributed by atoms with van der Waals surface area (Å²) in [6, 6.07) is 17.2. The lowest BCUT2D eigenvalue weighted by molar-refractivity contribution is -0.152. The van der Waals surface area contributed by atoms with Gasteiger partial charge >= 0.3 is 12.1 Å². The largest absolute Gasteiger partial charge is 0.459 e. The van der Waals surface area contributed by atoms with Crippen molar-refractivity contribution < 1.29 is 24.2 Å². The number of carbonyl (C=O) groups is 2. The van der Waals surface area contributed by atoms with Gasteiger partial charge in [0.05, 0.1) is 18.7 Å². The first-order valence-electron chi connectivity index (χ1n) is 13.4. The number of aliphatic hydroxyl groups is 1. The summed E-state index contributed by atoms with van der Waals surface area (Å²) < 4.78 is 11.3. The maximum absolute atomic E-state index is 13.5. The Hall–Kier alpha value is -3.02. The zero-order valence-corrected chi connectivity index (χ0v) is 21.8. The van der Waals surface area contributed by atoms with Crippen LogP contribution in [-0.4, -0.2) is 104 Å². The van der Waals surface area contributed by atoms with Crippen molar-refractivity contribution in [2.24, 2.45) is 0 Å². The Morgan fingerprint density at radius 2 is 1.26 bits per heavy atom. The fraction of sp³-hybridized carbons (Fsp3) is 0.500. The van der Waals surface area contributed by atoms with Gasteiger partial charge < -0.3 is 30.5 Å². The molecule has 38 heavy (non-hydrogen) atoms. The van der Waals surface area contributed by atoms with Crippen molar-refractivity contribution in [3.8, 4) is 0 Å². The SMILES string of the molecule is O=C(OCc1ccccc1)[C@@H]1[C@H](N2CCNCCNCCNCC2)[C@@H](O)CN1C(=O)OCc1ccccc1. The van der Waals surface area contributed by atoms with Crippen molar-refractivity contribution in [1.82, 2.24) is 25.8 Å². The first kappa shape index (κ1) is 28.0. The van der Waals surface area contributed by atoms with Crippen molar-refractivity contribution in [3.63, 3.8) is 0 Å². The normalized spacial score (nSPS) is 23.7. The number of nitrogens with zero attached hydrogens (tertiary/aromatic N) is 2. The summed E-state index contributed by atoms with van der Waals surface area (Å²) in [5, 5.41) is 21.4. The Kier molecular flexibility index (Phi) is 10.9. The third-order valence-electron chi connectivity index (χ3n) is 6.87. The highest BCUT2D eigenvalue weighted by atomic mass is 16.6. The topological polar surface area (TPSA) is 115 Å². The molecule has 2 aliphatic heterocycles. The highest BCUT2D eigenvalue weighted by Crippen LogP contribution is 2.26. The second-order valence-electron chi connectivity index (χ2n) is 9.57. The summed E-state index contributed by atoms with van der Waals surface area (Å²) in [6.07, 6.45) is -1.57. The summed E-state index contributed by atoms with van der Waals surface area (Å²) in [5.74, 6) is -0.553. The van der Waals surface area contributed by atoms with Gasteiger partial charge in [-0.15, -0.1) is 0 Å². The fourth-order valence-corrected chi connectivity index (χ4v) is 4.92. The van der Waals surface area contributed by atoms with Crippen LogP contribution in [0.25, 0.3) is 0 Å². The van der Waals surface area contributed by atoms with Crippen LogP contribution in [0.3, 0.4) is 0 Å². The average molecular weight is 526 g/mol. The van der Waals surface area contributed by atoms with Gasteiger partial charge in [-0.25, -0.2) is 9.59 Å². The molecule has 0 bridgehead atoms. The van der Waals surface area contributed by atoms with Crippen LogP contribution in [0.15, 0.2) is 60.7 Å². The van der Waals surface area contributed by atoms with Gasteiger partial charge in [0, 0.05) is 52.4 Å². The van der Waals surface area contributed by atoms with E-state index in [-0.39, 0.29) is 19.8 Å². The standard InChI is InChI=1S/C28H39N5O5/c34-24-19-33(28(36)38-21-23-9-5-2-6-10-23)26(27(35)37-20-22-7-3-1-4-8-22)25(24)32-17-15-30-13-11-29-12-14-31-16-18-32/h1-10,24-26,29-31,34H,11-21H2/t24-,25+,26-/m0/s1. The number of amides is 1. The van der Waals surface area contributed by atoms with E-state index in [0.29, 0.717) is 26.2 Å². The van der Waals surface area contributed by atoms with Gasteiger partial charge in [-0.3, -0.25) is 9.80 Å². The molecule has 10 nitrogen and oxygen atoms in total. The lowest BCUT2D eigenvalue weighted by atomic mass is 10.0. The van der Waals surface area contributed by atoms with Gasteiger partial charge in [-0.05, 0) is 11.1 Å². The molecule has 2 fully saturated rings. The number of nitrogens with one attached hydrogen (secondary N) is 3. The first-order chi connectivity index (χ1) is 18.6. The van der Waals surface area contributed by atoms with Crippen molar-refractivity contribution in [2.75, 3.05) is 58.9 Å². The van der Waals surface area contributed by atoms with E-state index in [1.807, 2.05) is 60.7 Å². The van der Waals surface area contributed by atoms with Crippen LogP contribution in [0.4, 0.5) is 4.79 Å². The van der Waals surface area contributed by atoms with Gasteiger partial charge in [0.15, 0.2) is 6.04 Å². The monoisotopic (exact) mass is 525 g/mol. The zero-order valence-electron chi connectivity index (χ0n) is 21.8. The van der Waals surface area contributed by atoms with Crippen LogP contribution in [0.5, 0.6) is 0 Å². The van der Waals surface area contributed by atoms with Crippen LogP contribution in [0.2, 0.25) is 0 Å². The minimum Gasteiger partial charge on any atom is -0.459 e. The molecular weight excluding hydrogens is 486 g/mol. The smallest absolute Gasteiger partial charge is 0.410 e. The number of benzene rings is 2. The second-order valence-corrected chi connectivity index (χ2v) is 9.57. The summed E-state index contributed by atoms with van der Waals surface area (Å²) in [4.78, 5) is 30.2. The van der Waals surface area contributed by atoms with Crippen LogP contribution in [0, 0.1) is 0 Å². The molecule has 0 spiro atoms. The molecule has 4 rings (SSSR count). The number of likely N-dealkylation sites (tertiary alicyclic amines) is 1. The minimum absolute atomic E-state index is 0.00926. The van der Waals surface area contributed by atoms with Gasteiger partial charge in [0.2, 0.25) is 0 Å². The number of β-amino-alcohol motifs (C(OH)–C–C–N with tert-alkyl or cyclic N) is 1. The van der Waals surface area contributed by atoms with Gasteiger partial charge in [-0.2, -0.15) is 0 Å². The molecule has 2 aliphatic rings. The van der Waals surface area contributed by atoms with E-state index in [0.717, 1.165) is 37.3 Å². The molecule has 0 unspecified atom stereocenters. The highest BCUT2D eigenvalue weighted by molar-refractivity contribution is 5.83. The Labute approximate surface area is 224 Å². The van der Waals surface area contributed by atoms with Gasteiger partial charge in [0.1, 0.15) is 13.2 Å². The van der Waals surface area contributed by atoms with Crippen LogP contribution >= 0.6 is 0 Å². The fourth-order valence-electron chi connectivity index (χ4n) is 4.92. The second kappa shape index (κ2) is 14.8. The molecule has 206 valence electrons. The lowest BCUT2D eigenvalue weighted by Gasteiger charge is -2.35. The van der Waals surface area contributed by atoms with Gasteiger partial charge in [0.25, 0.3) is 0 Å². The number of rotatable bonds is 6. The van der Waals surface area contributed by atoms with E-state index < -0.39 is 30.3 Å². The van der Waals surface area contributed by atoms with Crippen LogP contribution in [-0.2, 0) is 27.5 Å².